The van der Waals surface area contributed by atoms with Crippen LogP contribution in [0, 0.1) is 0 Å². The first kappa shape index (κ1) is 17.6. The molecule has 5 heteroatoms. The normalized spacial score (nSPS) is 24.7. The smallest absolute Gasteiger partial charge is 0.117 e. The highest BCUT2D eigenvalue weighted by Gasteiger charge is 2.44. The molecule has 4 rings (SSSR count). The van der Waals surface area contributed by atoms with Crippen LogP contribution < -0.4 is 0 Å². The number of oxime groups is 1. The van der Waals surface area contributed by atoms with Gasteiger partial charge in [-0.1, -0.05) is 23.4 Å². The minimum atomic E-state index is -0.00183. The average Bonchev–Trinajstić information content (AvgIpc) is 3.19. The van der Waals surface area contributed by atoms with Gasteiger partial charge in [0.25, 0.3) is 0 Å². The first-order valence-electron chi connectivity index (χ1n) is 9.75. The molecule has 1 spiro atoms. The lowest BCUT2D eigenvalue weighted by molar-refractivity contribution is -0.0657. The van der Waals surface area contributed by atoms with E-state index in [4.69, 9.17) is 9.57 Å². The number of benzene rings is 1. The van der Waals surface area contributed by atoms with Crippen LogP contribution in [0.25, 0.3) is 10.9 Å². The Kier molecular flexibility index (Phi) is 5.00. The molecule has 0 radical (unpaired) electrons. The maximum absolute atomic E-state index is 6.27. The van der Waals surface area contributed by atoms with Crippen LogP contribution in [0.4, 0.5) is 0 Å². The second-order valence-electron chi connectivity index (χ2n) is 7.80. The molecule has 2 aliphatic rings. The fourth-order valence-corrected chi connectivity index (χ4v) is 4.18. The molecule has 1 aromatic heterocycles. The Morgan fingerprint density at radius 1 is 1.31 bits per heavy atom. The van der Waals surface area contributed by atoms with Crippen LogP contribution in [0.2, 0.25) is 0 Å². The SMILES string of the molecule is CC1OC2(CCN(C)CC2)C/C1=N\OCCCc1c[nH]c2ccccc12. The lowest BCUT2D eigenvalue weighted by atomic mass is 9.88. The highest BCUT2D eigenvalue weighted by Crippen LogP contribution is 2.37. The van der Waals surface area contributed by atoms with Gasteiger partial charge < -0.3 is 19.5 Å². The fraction of sp³-hybridized carbons (Fsp3) is 0.571. The molecule has 2 aliphatic heterocycles. The molecule has 5 nitrogen and oxygen atoms in total. The quantitative estimate of drug-likeness (QED) is 0.656. The van der Waals surface area contributed by atoms with E-state index >= 15 is 0 Å². The third-order valence-corrected chi connectivity index (χ3v) is 5.84. The number of H-pyrrole nitrogens is 1. The number of fused-ring (bicyclic) bond motifs is 1. The lowest BCUT2D eigenvalue weighted by Crippen LogP contribution is -2.42. The first-order valence-corrected chi connectivity index (χ1v) is 9.75. The Bertz CT molecular complexity index is 774. The lowest BCUT2D eigenvalue weighted by Gasteiger charge is -2.36. The number of likely N-dealkylation sites (tertiary alicyclic amines) is 1. The predicted molar refractivity (Wildman–Crippen MR) is 105 cm³/mol. The Morgan fingerprint density at radius 3 is 2.96 bits per heavy atom. The molecule has 2 saturated heterocycles. The van der Waals surface area contributed by atoms with E-state index in [1.807, 2.05) is 0 Å². The van der Waals surface area contributed by atoms with E-state index in [9.17, 15) is 0 Å². The van der Waals surface area contributed by atoms with Crippen molar-refractivity contribution >= 4 is 16.6 Å². The third kappa shape index (κ3) is 3.64. The molecule has 0 saturated carbocycles. The number of hydrogen-bond donors (Lipinski definition) is 1. The maximum Gasteiger partial charge on any atom is 0.117 e. The summed E-state index contributed by atoms with van der Waals surface area (Å²) in [5.41, 5.74) is 3.61. The standard InChI is InChI=1S/C21H29N3O2/c1-16-20(14-21(26-16)9-11-24(2)12-10-21)23-25-13-5-6-17-15-22-19-8-4-3-7-18(17)19/h3-4,7-8,15-16,22H,5-6,9-14H2,1-2H3/b23-20+. The van der Waals surface area contributed by atoms with Gasteiger partial charge in [0.2, 0.25) is 0 Å². The molecular formula is C21H29N3O2. The number of piperidine rings is 1. The first-order chi connectivity index (χ1) is 12.7. The van der Waals surface area contributed by atoms with E-state index < -0.39 is 0 Å². The number of aromatic amines is 1. The van der Waals surface area contributed by atoms with Crippen LogP contribution in [0.5, 0.6) is 0 Å². The summed E-state index contributed by atoms with van der Waals surface area (Å²) in [7, 11) is 2.18. The summed E-state index contributed by atoms with van der Waals surface area (Å²) in [5, 5.41) is 5.73. The number of aryl methyl sites for hydroxylation is 1. The molecule has 1 N–H and O–H groups in total. The molecule has 0 bridgehead atoms. The Labute approximate surface area is 155 Å². The number of hydrogen-bond acceptors (Lipinski definition) is 4. The molecule has 3 heterocycles. The van der Waals surface area contributed by atoms with Gasteiger partial charge in [-0.05, 0) is 51.3 Å². The van der Waals surface area contributed by atoms with Crippen LogP contribution in [0.3, 0.4) is 0 Å². The third-order valence-electron chi connectivity index (χ3n) is 5.84. The molecule has 2 fully saturated rings. The molecule has 1 atom stereocenters. The van der Waals surface area contributed by atoms with Crippen molar-refractivity contribution in [2.24, 2.45) is 5.16 Å². The molecule has 0 aliphatic carbocycles. The largest absolute Gasteiger partial charge is 0.396 e. The van der Waals surface area contributed by atoms with Crippen molar-refractivity contribution in [2.75, 3.05) is 26.7 Å². The van der Waals surface area contributed by atoms with Crippen molar-refractivity contribution in [2.45, 2.75) is 50.7 Å². The number of para-hydroxylation sites is 1. The van der Waals surface area contributed by atoms with E-state index in [0.717, 1.165) is 50.9 Å². The molecule has 2 aromatic rings. The number of rotatable bonds is 5. The topological polar surface area (TPSA) is 49.9 Å². The fourth-order valence-electron chi connectivity index (χ4n) is 4.18. The van der Waals surface area contributed by atoms with Crippen LogP contribution in [-0.4, -0.2) is 54.0 Å². The van der Waals surface area contributed by atoms with Crippen molar-refractivity contribution < 1.29 is 9.57 Å². The van der Waals surface area contributed by atoms with Gasteiger partial charge in [-0.15, -0.1) is 0 Å². The van der Waals surface area contributed by atoms with E-state index in [2.05, 4.69) is 59.5 Å². The zero-order valence-electron chi connectivity index (χ0n) is 15.8. The van der Waals surface area contributed by atoms with Gasteiger partial charge in [0.15, 0.2) is 0 Å². The monoisotopic (exact) mass is 355 g/mol. The zero-order chi connectivity index (χ0) is 18.0. The Hall–Kier alpha value is -1.85. The summed E-state index contributed by atoms with van der Waals surface area (Å²) in [6.07, 6.45) is 7.24. The van der Waals surface area contributed by atoms with Crippen molar-refractivity contribution in [3.63, 3.8) is 0 Å². The minimum absolute atomic E-state index is 0.00183. The molecule has 1 unspecified atom stereocenters. The zero-order valence-corrected chi connectivity index (χ0v) is 15.8. The Balaban J connectivity index is 1.26. The highest BCUT2D eigenvalue weighted by molar-refractivity contribution is 5.90. The van der Waals surface area contributed by atoms with Crippen molar-refractivity contribution in [1.29, 1.82) is 0 Å². The average molecular weight is 355 g/mol. The molecule has 0 amide bonds. The number of ether oxygens (including phenoxy) is 1. The van der Waals surface area contributed by atoms with Crippen LogP contribution >= 0.6 is 0 Å². The second-order valence-corrected chi connectivity index (χ2v) is 7.80. The maximum atomic E-state index is 6.27. The van der Waals surface area contributed by atoms with Gasteiger partial charge in [0.1, 0.15) is 6.61 Å². The number of aromatic nitrogens is 1. The van der Waals surface area contributed by atoms with Gasteiger partial charge in [-0.25, -0.2) is 0 Å². The van der Waals surface area contributed by atoms with E-state index in [-0.39, 0.29) is 11.7 Å². The van der Waals surface area contributed by atoms with Crippen molar-refractivity contribution in [1.82, 2.24) is 9.88 Å². The van der Waals surface area contributed by atoms with Crippen LogP contribution in [0.15, 0.2) is 35.6 Å². The number of nitrogens with zero attached hydrogens (tertiary/aromatic N) is 2. The van der Waals surface area contributed by atoms with Crippen molar-refractivity contribution in [3.8, 4) is 0 Å². The van der Waals surface area contributed by atoms with Gasteiger partial charge in [0, 0.05) is 36.6 Å². The van der Waals surface area contributed by atoms with Gasteiger partial charge >= 0.3 is 0 Å². The van der Waals surface area contributed by atoms with Crippen LogP contribution in [-0.2, 0) is 16.0 Å². The summed E-state index contributed by atoms with van der Waals surface area (Å²) in [5.74, 6) is 0. The number of nitrogens with one attached hydrogen (secondary N) is 1. The van der Waals surface area contributed by atoms with Crippen LogP contribution in [0.1, 0.15) is 38.2 Å². The molecule has 26 heavy (non-hydrogen) atoms. The van der Waals surface area contributed by atoms with Gasteiger partial charge in [-0.2, -0.15) is 0 Å². The summed E-state index contributed by atoms with van der Waals surface area (Å²) in [4.78, 5) is 11.3. The molecular weight excluding hydrogens is 326 g/mol. The summed E-state index contributed by atoms with van der Waals surface area (Å²) in [6, 6.07) is 8.43. The predicted octanol–water partition coefficient (Wildman–Crippen LogP) is 3.75. The van der Waals surface area contributed by atoms with E-state index in [1.54, 1.807) is 0 Å². The minimum Gasteiger partial charge on any atom is -0.396 e. The molecule has 140 valence electrons. The summed E-state index contributed by atoms with van der Waals surface area (Å²) < 4.78 is 6.27. The van der Waals surface area contributed by atoms with Gasteiger partial charge in [-0.3, -0.25) is 0 Å². The van der Waals surface area contributed by atoms with Crippen molar-refractivity contribution in [3.05, 3.63) is 36.0 Å². The molecule has 1 aromatic carbocycles. The van der Waals surface area contributed by atoms with Gasteiger partial charge in [0.05, 0.1) is 17.4 Å². The Morgan fingerprint density at radius 2 is 2.12 bits per heavy atom. The summed E-state index contributed by atoms with van der Waals surface area (Å²) >= 11 is 0. The van der Waals surface area contributed by atoms with E-state index in [1.165, 1.54) is 16.5 Å². The highest BCUT2D eigenvalue weighted by atomic mass is 16.6. The van der Waals surface area contributed by atoms with E-state index in [0.29, 0.717) is 6.61 Å². The second kappa shape index (κ2) is 7.41. The summed E-state index contributed by atoms with van der Waals surface area (Å²) in [6.45, 7) is 4.95.